The van der Waals surface area contributed by atoms with Crippen LogP contribution in [0.3, 0.4) is 0 Å². The van der Waals surface area contributed by atoms with Crippen molar-refractivity contribution in [2.75, 3.05) is 7.05 Å². The summed E-state index contributed by atoms with van der Waals surface area (Å²) < 4.78 is 0. The van der Waals surface area contributed by atoms with Crippen molar-refractivity contribution >= 4 is 12.0 Å². The molecule has 0 saturated carbocycles. The van der Waals surface area contributed by atoms with Gasteiger partial charge >= 0.3 is 5.97 Å². The Morgan fingerprint density at radius 1 is 1.42 bits per heavy atom. The van der Waals surface area contributed by atoms with E-state index in [0.717, 1.165) is 18.5 Å². The van der Waals surface area contributed by atoms with Crippen LogP contribution in [0.15, 0.2) is 30.3 Å². The Bertz CT molecular complexity index is 464. The Morgan fingerprint density at radius 3 is 2.68 bits per heavy atom. The third-order valence-electron chi connectivity index (χ3n) is 3.69. The molecule has 0 amide bonds. The minimum atomic E-state index is -0.922. The average molecular weight is 261 g/mol. The molecule has 0 radical (unpaired) electrons. The monoisotopic (exact) mass is 261 g/mol. The number of carbonyl (C=O) groups is 1. The fourth-order valence-electron chi connectivity index (χ4n) is 1.72. The molecule has 0 aliphatic heterocycles. The van der Waals surface area contributed by atoms with Gasteiger partial charge in [-0.1, -0.05) is 31.2 Å². The van der Waals surface area contributed by atoms with E-state index >= 15 is 0 Å². The normalized spacial score (nSPS) is 12.3. The van der Waals surface area contributed by atoms with Crippen LogP contribution in [0.5, 0.6) is 0 Å². The second-order valence-electron chi connectivity index (χ2n) is 5.44. The molecule has 0 aromatic heterocycles. The molecule has 1 N–H and O–H groups in total. The SMILES string of the molecule is CCC(C)(C)N(C)Cc1cccc(C=CC(=O)O)c1. The summed E-state index contributed by atoms with van der Waals surface area (Å²) in [4.78, 5) is 12.8. The fraction of sp³-hybridized carbons (Fsp3) is 0.438. The van der Waals surface area contributed by atoms with E-state index in [-0.39, 0.29) is 5.54 Å². The predicted molar refractivity (Wildman–Crippen MR) is 78.9 cm³/mol. The smallest absolute Gasteiger partial charge is 0.328 e. The molecule has 0 saturated heterocycles. The van der Waals surface area contributed by atoms with Crippen molar-refractivity contribution in [1.82, 2.24) is 4.90 Å². The molecule has 19 heavy (non-hydrogen) atoms. The molecule has 1 aromatic carbocycles. The Hall–Kier alpha value is -1.61. The Kier molecular flexibility index (Phi) is 5.31. The maximum atomic E-state index is 10.5. The predicted octanol–water partition coefficient (Wildman–Crippen LogP) is 3.40. The molecule has 0 atom stereocenters. The van der Waals surface area contributed by atoms with E-state index < -0.39 is 5.97 Å². The lowest BCUT2D eigenvalue weighted by Gasteiger charge is -2.34. The zero-order chi connectivity index (χ0) is 14.5. The van der Waals surface area contributed by atoms with Crippen molar-refractivity contribution < 1.29 is 9.90 Å². The zero-order valence-corrected chi connectivity index (χ0v) is 12.2. The molecule has 0 unspecified atom stereocenters. The summed E-state index contributed by atoms with van der Waals surface area (Å²) in [6, 6.07) is 7.97. The largest absolute Gasteiger partial charge is 0.478 e. The van der Waals surface area contributed by atoms with Gasteiger partial charge in [0.1, 0.15) is 0 Å². The van der Waals surface area contributed by atoms with Gasteiger partial charge in [0.15, 0.2) is 0 Å². The number of benzene rings is 1. The molecule has 1 aromatic rings. The highest BCUT2D eigenvalue weighted by Crippen LogP contribution is 2.19. The maximum Gasteiger partial charge on any atom is 0.328 e. The van der Waals surface area contributed by atoms with Gasteiger partial charge in [-0.3, -0.25) is 4.90 Å². The lowest BCUT2D eigenvalue weighted by atomic mass is 9.99. The van der Waals surface area contributed by atoms with E-state index in [1.54, 1.807) is 6.08 Å². The summed E-state index contributed by atoms with van der Waals surface area (Å²) >= 11 is 0. The molecule has 3 heteroatoms. The third kappa shape index (κ3) is 4.87. The van der Waals surface area contributed by atoms with Gasteiger partial charge in [0.2, 0.25) is 0 Å². The molecule has 3 nitrogen and oxygen atoms in total. The quantitative estimate of drug-likeness (QED) is 0.798. The summed E-state index contributed by atoms with van der Waals surface area (Å²) in [5.41, 5.74) is 2.27. The van der Waals surface area contributed by atoms with Crippen molar-refractivity contribution in [3.8, 4) is 0 Å². The molecule has 0 fully saturated rings. The summed E-state index contributed by atoms with van der Waals surface area (Å²) in [6.45, 7) is 7.49. The first-order valence-corrected chi connectivity index (χ1v) is 6.56. The first-order valence-electron chi connectivity index (χ1n) is 6.56. The molecule has 0 aliphatic rings. The van der Waals surface area contributed by atoms with Gasteiger partial charge in [-0.15, -0.1) is 0 Å². The second kappa shape index (κ2) is 6.53. The molecular weight excluding hydrogens is 238 g/mol. The lowest BCUT2D eigenvalue weighted by molar-refractivity contribution is -0.131. The number of hydrogen-bond acceptors (Lipinski definition) is 2. The topological polar surface area (TPSA) is 40.5 Å². The minimum Gasteiger partial charge on any atom is -0.478 e. The number of rotatable bonds is 6. The Morgan fingerprint density at radius 2 is 2.11 bits per heavy atom. The van der Waals surface area contributed by atoms with Crippen molar-refractivity contribution in [2.45, 2.75) is 39.3 Å². The fourth-order valence-corrected chi connectivity index (χ4v) is 1.72. The molecule has 0 bridgehead atoms. The molecule has 0 spiro atoms. The van der Waals surface area contributed by atoms with Gasteiger partial charge in [0.05, 0.1) is 0 Å². The van der Waals surface area contributed by atoms with Crippen molar-refractivity contribution in [3.05, 3.63) is 41.5 Å². The summed E-state index contributed by atoms with van der Waals surface area (Å²) in [5, 5.41) is 8.63. The highest BCUT2D eigenvalue weighted by atomic mass is 16.4. The van der Waals surface area contributed by atoms with Crippen LogP contribution in [-0.4, -0.2) is 28.6 Å². The molecule has 1 rings (SSSR count). The van der Waals surface area contributed by atoms with Crippen molar-refractivity contribution in [3.63, 3.8) is 0 Å². The second-order valence-corrected chi connectivity index (χ2v) is 5.44. The highest BCUT2D eigenvalue weighted by molar-refractivity contribution is 5.85. The summed E-state index contributed by atoms with van der Waals surface area (Å²) in [5.74, 6) is -0.922. The van der Waals surface area contributed by atoms with Crippen LogP contribution in [0.1, 0.15) is 38.3 Å². The summed E-state index contributed by atoms with van der Waals surface area (Å²) in [7, 11) is 2.11. The van der Waals surface area contributed by atoms with Crippen LogP contribution in [0.25, 0.3) is 6.08 Å². The van der Waals surface area contributed by atoms with E-state index in [1.807, 2.05) is 18.2 Å². The molecule has 104 valence electrons. The van der Waals surface area contributed by atoms with Crippen LogP contribution in [0.4, 0.5) is 0 Å². The van der Waals surface area contributed by atoms with Gasteiger partial charge in [-0.25, -0.2) is 4.79 Å². The zero-order valence-electron chi connectivity index (χ0n) is 12.2. The molecule has 0 heterocycles. The molecule has 0 aliphatic carbocycles. The van der Waals surface area contributed by atoms with Crippen molar-refractivity contribution in [2.24, 2.45) is 0 Å². The highest BCUT2D eigenvalue weighted by Gasteiger charge is 2.20. The molecular formula is C16H23NO2. The van der Waals surface area contributed by atoms with E-state index in [9.17, 15) is 4.79 Å². The standard InChI is InChI=1S/C16H23NO2/c1-5-16(2,3)17(4)12-14-8-6-7-13(11-14)9-10-15(18)19/h6-11H,5,12H2,1-4H3,(H,18,19). The third-order valence-corrected chi connectivity index (χ3v) is 3.69. The van der Waals surface area contributed by atoms with Crippen LogP contribution >= 0.6 is 0 Å². The lowest BCUT2D eigenvalue weighted by Crippen LogP contribution is -2.39. The number of nitrogens with zero attached hydrogens (tertiary/aromatic N) is 1. The number of hydrogen-bond donors (Lipinski definition) is 1. The van der Waals surface area contributed by atoms with Crippen LogP contribution in [-0.2, 0) is 11.3 Å². The van der Waals surface area contributed by atoms with E-state index in [4.69, 9.17) is 5.11 Å². The van der Waals surface area contributed by atoms with Crippen molar-refractivity contribution in [1.29, 1.82) is 0 Å². The first kappa shape index (κ1) is 15.4. The van der Waals surface area contributed by atoms with Gasteiger partial charge in [0, 0.05) is 18.2 Å². The maximum absolute atomic E-state index is 10.5. The van der Waals surface area contributed by atoms with Crippen LogP contribution in [0, 0.1) is 0 Å². The Balaban J connectivity index is 2.80. The van der Waals surface area contributed by atoms with E-state index in [0.29, 0.717) is 0 Å². The van der Waals surface area contributed by atoms with Crippen LogP contribution < -0.4 is 0 Å². The number of carboxylic acids is 1. The average Bonchev–Trinajstić information content (AvgIpc) is 2.36. The van der Waals surface area contributed by atoms with Crippen LogP contribution in [0.2, 0.25) is 0 Å². The summed E-state index contributed by atoms with van der Waals surface area (Å²) in [6.07, 6.45) is 3.87. The van der Waals surface area contributed by atoms with Gasteiger partial charge < -0.3 is 5.11 Å². The van der Waals surface area contributed by atoms with Gasteiger partial charge in [-0.2, -0.15) is 0 Å². The number of aliphatic carboxylic acids is 1. The van der Waals surface area contributed by atoms with Gasteiger partial charge in [-0.05, 0) is 44.5 Å². The first-order chi connectivity index (χ1) is 8.85. The van der Waals surface area contributed by atoms with E-state index in [1.165, 1.54) is 11.6 Å². The van der Waals surface area contributed by atoms with Gasteiger partial charge in [0.25, 0.3) is 0 Å². The Labute approximate surface area is 115 Å². The number of carboxylic acid groups (broad SMARTS) is 1. The minimum absolute atomic E-state index is 0.160. The van der Waals surface area contributed by atoms with E-state index in [2.05, 4.69) is 38.8 Å².